The SMILES string of the molecule is CCCC(NC(=O)N1CCN(C)C(C)C1)C(=O)O. The molecule has 6 nitrogen and oxygen atoms in total. The van der Waals surface area contributed by atoms with Crippen molar-refractivity contribution in [3.05, 3.63) is 0 Å². The van der Waals surface area contributed by atoms with E-state index in [1.807, 2.05) is 14.0 Å². The zero-order chi connectivity index (χ0) is 13.7. The molecule has 0 aromatic carbocycles. The molecule has 2 atom stereocenters. The third-order valence-electron chi connectivity index (χ3n) is 3.42. The van der Waals surface area contributed by atoms with E-state index in [0.717, 1.165) is 13.0 Å². The lowest BCUT2D eigenvalue weighted by atomic mass is 10.1. The molecule has 0 aliphatic carbocycles. The number of rotatable bonds is 4. The fourth-order valence-corrected chi connectivity index (χ4v) is 2.02. The van der Waals surface area contributed by atoms with Crippen molar-refractivity contribution < 1.29 is 14.7 Å². The van der Waals surface area contributed by atoms with Gasteiger partial charge in [-0.2, -0.15) is 0 Å². The second-order valence-corrected chi connectivity index (χ2v) is 4.90. The van der Waals surface area contributed by atoms with E-state index in [4.69, 9.17) is 5.11 Å². The Bertz CT molecular complexity index is 309. The Kier molecular flexibility index (Phi) is 5.40. The van der Waals surface area contributed by atoms with Crippen molar-refractivity contribution in [2.45, 2.75) is 38.8 Å². The molecule has 0 radical (unpaired) electrons. The van der Waals surface area contributed by atoms with Gasteiger partial charge in [0.15, 0.2) is 0 Å². The lowest BCUT2D eigenvalue weighted by molar-refractivity contribution is -0.139. The first-order valence-corrected chi connectivity index (χ1v) is 6.44. The van der Waals surface area contributed by atoms with Crippen LogP contribution in [-0.4, -0.2) is 65.7 Å². The Morgan fingerprint density at radius 1 is 1.44 bits per heavy atom. The van der Waals surface area contributed by atoms with Crippen LogP contribution < -0.4 is 5.32 Å². The molecule has 2 unspecified atom stereocenters. The van der Waals surface area contributed by atoms with Gasteiger partial charge >= 0.3 is 12.0 Å². The van der Waals surface area contributed by atoms with Gasteiger partial charge in [-0.25, -0.2) is 9.59 Å². The zero-order valence-corrected chi connectivity index (χ0v) is 11.3. The number of hydrogen-bond donors (Lipinski definition) is 2. The number of carbonyl (C=O) groups is 2. The number of urea groups is 1. The molecule has 0 bridgehead atoms. The van der Waals surface area contributed by atoms with Gasteiger partial charge in [0.2, 0.25) is 0 Å². The summed E-state index contributed by atoms with van der Waals surface area (Å²) in [5, 5.41) is 11.6. The van der Waals surface area contributed by atoms with Crippen molar-refractivity contribution >= 4 is 12.0 Å². The van der Waals surface area contributed by atoms with Gasteiger partial charge in [-0.3, -0.25) is 0 Å². The number of piperazine rings is 1. The van der Waals surface area contributed by atoms with E-state index in [1.165, 1.54) is 0 Å². The monoisotopic (exact) mass is 257 g/mol. The van der Waals surface area contributed by atoms with Crippen molar-refractivity contribution in [3.63, 3.8) is 0 Å². The van der Waals surface area contributed by atoms with Gasteiger partial charge in [0.1, 0.15) is 6.04 Å². The largest absolute Gasteiger partial charge is 0.480 e. The fraction of sp³-hybridized carbons (Fsp3) is 0.833. The maximum atomic E-state index is 12.0. The van der Waals surface area contributed by atoms with Crippen LogP contribution in [0.3, 0.4) is 0 Å². The summed E-state index contributed by atoms with van der Waals surface area (Å²) in [6.45, 7) is 6.06. The summed E-state index contributed by atoms with van der Waals surface area (Å²) in [4.78, 5) is 26.8. The van der Waals surface area contributed by atoms with Crippen LogP contribution in [0.5, 0.6) is 0 Å². The lowest BCUT2D eigenvalue weighted by Gasteiger charge is -2.38. The number of carboxylic acids is 1. The van der Waals surface area contributed by atoms with Crippen molar-refractivity contribution in [2.24, 2.45) is 0 Å². The van der Waals surface area contributed by atoms with E-state index >= 15 is 0 Å². The molecule has 0 aromatic heterocycles. The van der Waals surface area contributed by atoms with Crippen LogP contribution >= 0.6 is 0 Å². The van der Waals surface area contributed by atoms with Crippen molar-refractivity contribution in [2.75, 3.05) is 26.7 Å². The summed E-state index contributed by atoms with van der Waals surface area (Å²) < 4.78 is 0. The summed E-state index contributed by atoms with van der Waals surface area (Å²) in [5.41, 5.74) is 0. The minimum Gasteiger partial charge on any atom is -0.480 e. The molecule has 18 heavy (non-hydrogen) atoms. The molecule has 6 heteroatoms. The molecule has 1 fully saturated rings. The molecule has 1 aliphatic heterocycles. The van der Waals surface area contributed by atoms with Crippen LogP contribution in [0, 0.1) is 0 Å². The smallest absolute Gasteiger partial charge is 0.326 e. The van der Waals surface area contributed by atoms with E-state index in [9.17, 15) is 9.59 Å². The van der Waals surface area contributed by atoms with E-state index < -0.39 is 12.0 Å². The minimum absolute atomic E-state index is 0.268. The lowest BCUT2D eigenvalue weighted by Crippen LogP contribution is -2.56. The molecule has 0 spiro atoms. The highest BCUT2D eigenvalue weighted by Gasteiger charge is 2.27. The molecule has 1 saturated heterocycles. The third-order valence-corrected chi connectivity index (χ3v) is 3.42. The molecular formula is C12H23N3O3. The van der Waals surface area contributed by atoms with Gasteiger partial charge in [0, 0.05) is 25.7 Å². The summed E-state index contributed by atoms with van der Waals surface area (Å²) in [5.74, 6) is -0.965. The van der Waals surface area contributed by atoms with Gasteiger partial charge in [-0.1, -0.05) is 13.3 Å². The Hall–Kier alpha value is -1.30. The molecule has 2 amide bonds. The van der Waals surface area contributed by atoms with Crippen LogP contribution in [0.4, 0.5) is 4.79 Å². The molecular weight excluding hydrogens is 234 g/mol. The van der Waals surface area contributed by atoms with Crippen molar-refractivity contribution in [3.8, 4) is 0 Å². The topological polar surface area (TPSA) is 72.9 Å². The number of likely N-dealkylation sites (N-methyl/N-ethyl adjacent to an activating group) is 1. The highest BCUT2D eigenvalue weighted by molar-refractivity contribution is 5.82. The third kappa shape index (κ3) is 3.87. The quantitative estimate of drug-likeness (QED) is 0.773. The van der Waals surface area contributed by atoms with Gasteiger partial charge in [0.25, 0.3) is 0 Å². The maximum Gasteiger partial charge on any atom is 0.326 e. The Balaban J connectivity index is 2.51. The minimum atomic E-state index is -0.965. The summed E-state index contributed by atoms with van der Waals surface area (Å²) in [6, 6.07) is -0.743. The standard InChI is InChI=1S/C12H23N3O3/c1-4-5-10(11(16)17)13-12(18)15-7-6-14(3)9(2)8-15/h9-10H,4-8H2,1-3H3,(H,13,18)(H,16,17). The van der Waals surface area contributed by atoms with Gasteiger partial charge < -0.3 is 20.2 Å². The number of hydrogen-bond acceptors (Lipinski definition) is 3. The first-order chi connectivity index (χ1) is 8.45. The molecule has 0 saturated carbocycles. The zero-order valence-electron chi connectivity index (χ0n) is 11.3. The molecule has 2 N–H and O–H groups in total. The molecule has 1 rings (SSSR count). The summed E-state index contributed by atoms with van der Waals surface area (Å²) >= 11 is 0. The van der Waals surface area contributed by atoms with Crippen molar-refractivity contribution in [1.82, 2.24) is 15.1 Å². The predicted molar refractivity (Wildman–Crippen MR) is 68.5 cm³/mol. The predicted octanol–water partition coefficient (Wildman–Crippen LogP) is 0.585. The summed E-state index contributed by atoms with van der Waals surface area (Å²) in [6.07, 6.45) is 1.20. The molecule has 104 valence electrons. The Morgan fingerprint density at radius 3 is 2.61 bits per heavy atom. The number of carboxylic acid groups (broad SMARTS) is 1. The van der Waals surface area contributed by atoms with Gasteiger partial charge in [0.05, 0.1) is 0 Å². The Morgan fingerprint density at radius 2 is 2.11 bits per heavy atom. The van der Waals surface area contributed by atoms with Crippen LogP contribution in [0.25, 0.3) is 0 Å². The molecule has 1 aliphatic rings. The average molecular weight is 257 g/mol. The number of nitrogens with one attached hydrogen (secondary N) is 1. The number of nitrogens with zero attached hydrogens (tertiary/aromatic N) is 2. The highest BCUT2D eigenvalue weighted by atomic mass is 16.4. The first kappa shape index (κ1) is 14.8. The van der Waals surface area contributed by atoms with Gasteiger partial charge in [-0.05, 0) is 20.4 Å². The number of aliphatic carboxylic acids is 1. The van der Waals surface area contributed by atoms with Crippen LogP contribution in [-0.2, 0) is 4.79 Å². The second-order valence-electron chi connectivity index (χ2n) is 4.90. The second kappa shape index (κ2) is 6.58. The number of carbonyl (C=O) groups excluding carboxylic acids is 1. The van der Waals surface area contributed by atoms with Crippen LogP contribution in [0.2, 0.25) is 0 Å². The normalized spacial score (nSPS) is 22.6. The van der Waals surface area contributed by atoms with Gasteiger partial charge in [-0.15, -0.1) is 0 Å². The van der Waals surface area contributed by atoms with E-state index in [1.54, 1.807) is 4.90 Å². The highest BCUT2D eigenvalue weighted by Crippen LogP contribution is 2.08. The van der Waals surface area contributed by atoms with E-state index in [-0.39, 0.29) is 6.03 Å². The van der Waals surface area contributed by atoms with Crippen LogP contribution in [0.1, 0.15) is 26.7 Å². The summed E-state index contributed by atoms with van der Waals surface area (Å²) in [7, 11) is 2.02. The fourth-order valence-electron chi connectivity index (χ4n) is 2.02. The maximum absolute atomic E-state index is 12.0. The van der Waals surface area contributed by atoms with E-state index in [2.05, 4.69) is 17.1 Å². The Labute approximate surface area is 108 Å². The molecule has 1 heterocycles. The van der Waals surface area contributed by atoms with Crippen molar-refractivity contribution in [1.29, 1.82) is 0 Å². The van der Waals surface area contributed by atoms with Crippen LogP contribution in [0.15, 0.2) is 0 Å². The number of amides is 2. The van der Waals surface area contributed by atoms with E-state index in [0.29, 0.717) is 25.6 Å². The first-order valence-electron chi connectivity index (χ1n) is 6.44. The molecule has 0 aromatic rings. The average Bonchev–Trinajstić information content (AvgIpc) is 2.31.